The fourth-order valence-electron chi connectivity index (χ4n) is 8.14. The Labute approximate surface area is 271 Å². The van der Waals surface area contributed by atoms with E-state index in [2.05, 4.69) is 6.92 Å². The molecule has 6 atom stereocenters. The SMILES string of the molecule is COc1cc(C23CCC4SSCCC(C)CCC5Cc6c(c(OC)cc(c6C4C2O)O3)-c2ccc(O)cc25)c(O)c(OC)c1O. The lowest BCUT2D eigenvalue weighted by molar-refractivity contribution is -0.112. The second kappa shape index (κ2) is 11.6. The molecule has 10 heteroatoms. The minimum atomic E-state index is -1.32. The van der Waals surface area contributed by atoms with Gasteiger partial charge >= 0.3 is 0 Å². The van der Waals surface area contributed by atoms with Gasteiger partial charge in [0.2, 0.25) is 11.5 Å². The molecule has 2 aliphatic heterocycles. The van der Waals surface area contributed by atoms with Gasteiger partial charge in [-0.05, 0) is 78.8 Å². The lowest BCUT2D eigenvalue weighted by Gasteiger charge is -2.53. The molecule has 2 heterocycles. The molecule has 0 amide bonds. The molecule has 4 N–H and O–H groups in total. The van der Waals surface area contributed by atoms with Crippen LogP contribution >= 0.6 is 21.6 Å². The molecule has 6 unspecified atom stereocenters. The van der Waals surface area contributed by atoms with Crippen LogP contribution in [0.1, 0.15) is 73.1 Å². The number of rotatable bonds is 4. The molecule has 0 saturated heterocycles. The van der Waals surface area contributed by atoms with Crippen LogP contribution in [0, 0.1) is 5.92 Å². The molecule has 4 aliphatic rings. The summed E-state index contributed by atoms with van der Waals surface area (Å²) >= 11 is 0. The Morgan fingerprint density at radius 3 is 2.47 bits per heavy atom. The van der Waals surface area contributed by atoms with Crippen molar-refractivity contribution in [2.24, 2.45) is 5.92 Å². The fourth-order valence-corrected chi connectivity index (χ4v) is 11.3. The van der Waals surface area contributed by atoms with Crippen LogP contribution in [-0.2, 0) is 12.0 Å². The zero-order valence-electron chi connectivity index (χ0n) is 26.0. The van der Waals surface area contributed by atoms with E-state index < -0.39 is 11.7 Å². The highest BCUT2D eigenvalue weighted by Gasteiger charge is 2.59. The molecule has 4 bridgehead atoms. The van der Waals surface area contributed by atoms with Crippen molar-refractivity contribution in [3.63, 3.8) is 0 Å². The van der Waals surface area contributed by atoms with Crippen molar-refractivity contribution in [2.75, 3.05) is 27.1 Å². The first kappa shape index (κ1) is 30.6. The van der Waals surface area contributed by atoms with Crippen LogP contribution < -0.4 is 18.9 Å². The van der Waals surface area contributed by atoms with Gasteiger partial charge in [-0.3, -0.25) is 0 Å². The van der Waals surface area contributed by atoms with E-state index in [1.54, 1.807) is 19.2 Å². The third-order valence-corrected chi connectivity index (χ3v) is 13.4. The number of aliphatic hydroxyl groups is 1. The van der Waals surface area contributed by atoms with Crippen LogP contribution in [0.15, 0.2) is 30.3 Å². The van der Waals surface area contributed by atoms with Gasteiger partial charge in [0.1, 0.15) is 23.4 Å². The zero-order valence-corrected chi connectivity index (χ0v) is 27.6. The molecule has 1 fully saturated rings. The maximum atomic E-state index is 12.6. The van der Waals surface area contributed by atoms with Crippen LogP contribution in [0.2, 0.25) is 0 Å². The molecule has 0 spiro atoms. The van der Waals surface area contributed by atoms with Crippen LogP contribution in [0.3, 0.4) is 0 Å². The first-order valence-electron chi connectivity index (χ1n) is 15.6. The molecule has 3 aromatic rings. The van der Waals surface area contributed by atoms with E-state index in [9.17, 15) is 20.4 Å². The number of phenolic OH excluding ortho intramolecular Hbond substituents is 3. The summed E-state index contributed by atoms with van der Waals surface area (Å²) in [7, 11) is 8.19. The number of phenols is 3. The Morgan fingerprint density at radius 1 is 0.911 bits per heavy atom. The average Bonchev–Trinajstić information content (AvgIpc) is 3.03. The number of ether oxygens (including phenoxy) is 4. The zero-order chi connectivity index (χ0) is 31.6. The summed E-state index contributed by atoms with van der Waals surface area (Å²) in [6.45, 7) is 2.33. The van der Waals surface area contributed by atoms with Crippen LogP contribution in [0.25, 0.3) is 11.1 Å². The van der Waals surface area contributed by atoms with Crippen LogP contribution in [-0.4, -0.2) is 58.9 Å². The van der Waals surface area contributed by atoms with Crippen molar-refractivity contribution in [3.8, 4) is 51.4 Å². The van der Waals surface area contributed by atoms with Crippen molar-refractivity contribution in [3.05, 3.63) is 52.6 Å². The lowest BCUT2D eigenvalue weighted by Crippen LogP contribution is -2.56. The molecule has 45 heavy (non-hydrogen) atoms. The Morgan fingerprint density at radius 2 is 1.71 bits per heavy atom. The number of benzene rings is 3. The van der Waals surface area contributed by atoms with Gasteiger partial charge in [-0.25, -0.2) is 0 Å². The van der Waals surface area contributed by atoms with Gasteiger partial charge in [-0.1, -0.05) is 41.0 Å². The van der Waals surface area contributed by atoms with Crippen molar-refractivity contribution in [1.82, 2.24) is 0 Å². The van der Waals surface area contributed by atoms with Crippen LogP contribution in [0.5, 0.6) is 40.2 Å². The van der Waals surface area contributed by atoms with Gasteiger partial charge in [-0.15, -0.1) is 0 Å². The monoisotopic (exact) mass is 652 g/mol. The third kappa shape index (κ3) is 4.69. The van der Waals surface area contributed by atoms with Gasteiger partial charge < -0.3 is 39.4 Å². The fraction of sp³-hybridized carbons (Fsp3) is 0.486. The predicted octanol–water partition coefficient (Wildman–Crippen LogP) is 7.23. The van der Waals surface area contributed by atoms with Gasteiger partial charge in [0.05, 0.1) is 21.3 Å². The molecule has 1 saturated carbocycles. The van der Waals surface area contributed by atoms with Crippen molar-refractivity contribution < 1.29 is 39.4 Å². The predicted molar refractivity (Wildman–Crippen MR) is 177 cm³/mol. The van der Waals surface area contributed by atoms with E-state index >= 15 is 0 Å². The highest BCUT2D eigenvalue weighted by molar-refractivity contribution is 8.76. The second-order valence-corrected chi connectivity index (χ2v) is 15.5. The number of hydrogen-bond acceptors (Lipinski definition) is 10. The highest BCUT2D eigenvalue weighted by Crippen LogP contribution is 2.64. The van der Waals surface area contributed by atoms with Crippen molar-refractivity contribution in [1.29, 1.82) is 0 Å². The lowest BCUT2D eigenvalue weighted by atomic mass is 9.64. The Balaban J connectivity index is 1.49. The van der Waals surface area contributed by atoms with E-state index in [4.69, 9.17) is 18.9 Å². The van der Waals surface area contributed by atoms with Gasteiger partial charge in [0.15, 0.2) is 17.1 Å². The molecule has 2 aliphatic carbocycles. The van der Waals surface area contributed by atoms with E-state index in [1.165, 1.54) is 14.2 Å². The summed E-state index contributed by atoms with van der Waals surface area (Å²) in [5.74, 6) is 2.45. The topological polar surface area (TPSA) is 118 Å². The summed E-state index contributed by atoms with van der Waals surface area (Å²) in [6.07, 6.45) is 4.11. The minimum absolute atomic E-state index is 0.0945. The maximum absolute atomic E-state index is 12.6. The van der Waals surface area contributed by atoms with Crippen LogP contribution in [0.4, 0.5) is 0 Å². The summed E-state index contributed by atoms with van der Waals surface area (Å²) in [5, 5.41) is 45.4. The second-order valence-electron chi connectivity index (χ2n) is 12.8. The highest BCUT2D eigenvalue weighted by atomic mass is 33.1. The Kier molecular flexibility index (Phi) is 7.89. The third-order valence-electron chi connectivity index (χ3n) is 10.4. The van der Waals surface area contributed by atoms with E-state index in [1.807, 2.05) is 39.8 Å². The van der Waals surface area contributed by atoms with E-state index in [-0.39, 0.29) is 45.8 Å². The molecule has 0 radical (unpaired) electrons. The number of fused-ring (bicyclic) bond motifs is 5. The molecule has 7 rings (SSSR count). The normalized spacial score (nSPS) is 28.5. The first-order chi connectivity index (χ1) is 21.7. The maximum Gasteiger partial charge on any atom is 0.207 e. The van der Waals surface area contributed by atoms with Crippen molar-refractivity contribution >= 4 is 21.6 Å². The average molecular weight is 653 g/mol. The number of aromatic hydroxyl groups is 3. The number of hydrogen-bond donors (Lipinski definition) is 4. The summed E-state index contributed by atoms with van der Waals surface area (Å²) in [6, 6.07) is 9.11. The Hall–Kier alpha value is -3.08. The van der Waals surface area contributed by atoms with E-state index in [0.29, 0.717) is 29.4 Å². The molecule has 0 aromatic heterocycles. The number of methoxy groups -OCH3 is 3. The molecular formula is C35H40O8S2. The quantitative estimate of drug-likeness (QED) is 0.215. The smallest absolute Gasteiger partial charge is 0.207 e. The van der Waals surface area contributed by atoms with E-state index in [0.717, 1.165) is 65.7 Å². The standard InChI is InChI=1S/C35H40O8S2/c1-17-5-6-18-13-22-28(20-8-7-19(36)14-21(18)20)24(40-2)16-25-29(22)30-27(45-44-12-10-17)9-11-35(43-25,34(30)39)23-15-26(41-3)32(38)33(42-4)31(23)37/h7-8,14-18,27,30,34,36-39H,5-6,9-13H2,1-4H3. The van der Waals surface area contributed by atoms with Gasteiger partial charge in [-0.2, -0.15) is 0 Å². The van der Waals surface area contributed by atoms with Gasteiger partial charge in [0.25, 0.3) is 0 Å². The molecule has 3 aromatic carbocycles. The summed E-state index contributed by atoms with van der Waals surface area (Å²) in [5.41, 5.74) is 4.29. The van der Waals surface area contributed by atoms with Gasteiger partial charge in [0, 0.05) is 39.7 Å². The number of aliphatic hydroxyl groups excluding tert-OH is 1. The Bertz CT molecular complexity index is 1640. The first-order valence-corrected chi connectivity index (χ1v) is 18.0. The molecular weight excluding hydrogens is 613 g/mol. The minimum Gasteiger partial charge on any atom is -0.508 e. The molecule has 8 nitrogen and oxygen atoms in total. The summed E-state index contributed by atoms with van der Waals surface area (Å²) in [4.78, 5) is 0. The van der Waals surface area contributed by atoms with Crippen molar-refractivity contribution in [2.45, 2.75) is 74.2 Å². The largest absolute Gasteiger partial charge is 0.508 e. The summed E-state index contributed by atoms with van der Waals surface area (Å²) < 4.78 is 23.9. The molecule has 240 valence electrons.